The van der Waals surface area contributed by atoms with Gasteiger partial charge in [0, 0.05) is 18.5 Å². The average molecular weight is 406 g/mol. The Kier molecular flexibility index (Phi) is 6.14. The molecule has 0 amide bonds. The van der Waals surface area contributed by atoms with E-state index in [1.165, 1.54) is 0 Å². The molecule has 0 radical (unpaired) electrons. The number of aromatic nitrogens is 1. The fourth-order valence-electron chi connectivity index (χ4n) is 4.04. The van der Waals surface area contributed by atoms with Gasteiger partial charge in [-0.1, -0.05) is 36.8 Å². The van der Waals surface area contributed by atoms with Crippen molar-refractivity contribution in [2.24, 2.45) is 0 Å². The summed E-state index contributed by atoms with van der Waals surface area (Å²) in [6, 6.07) is 15.2. The van der Waals surface area contributed by atoms with E-state index < -0.39 is 5.97 Å². The highest BCUT2D eigenvalue weighted by Crippen LogP contribution is 2.32. The number of rotatable bonds is 7. The Morgan fingerprint density at radius 2 is 2.00 bits per heavy atom. The zero-order valence-corrected chi connectivity index (χ0v) is 17.1. The first kappa shape index (κ1) is 20.2. The quantitative estimate of drug-likeness (QED) is 0.613. The Labute approximate surface area is 176 Å². The topological polar surface area (TPSA) is 75.8 Å². The maximum Gasteiger partial charge on any atom is 0.335 e. The number of carboxylic acids is 1. The highest BCUT2D eigenvalue weighted by molar-refractivity contribution is 5.87. The number of aromatic carboxylic acids is 1. The molecule has 1 aliphatic heterocycles. The maximum absolute atomic E-state index is 11.1. The second-order valence-corrected chi connectivity index (χ2v) is 7.64. The summed E-state index contributed by atoms with van der Waals surface area (Å²) in [6.45, 7) is 1.71. The molecular weight excluding hydrogens is 380 g/mol. The molecule has 6 nitrogen and oxygen atoms in total. The number of oxazole rings is 1. The SMILES string of the molecule is COc1ccccc1Cc1cnc([C@H]2CCCCN2Cc2ccc(C(=O)O)cc2)o1. The third-order valence-corrected chi connectivity index (χ3v) is 5.61. The lowest BCUT2D eigenvalue weighted by Gasteiger charge is -2.33. The van der Waals surface area contributed by atoms with Gasteiger partial charge in [0.05, 0.1) is 24.9 Å². The molecule has 6 heteroatoms. The Bertz CT molecular complexity index is 996. The van der Waals surface area contributed by atoms with Crippen LogP contribution in [-0.4, -0.2) is 34.6 Å². The van der Waals surface area contributed by atoms with E-state index in [9.17, 15) is 4.79 Å². The molecule has 4 rings (SSSR count). The third-order valence-electron chi connectivity index (χ3n) is 5.61. The summed E-state index contributed by atoms with van der Waals surface area (Å²) in [5, 5.41) is 9.09. The number of hydrogen-bond acceptors (Lipinski definition) is 5. The fraction of sp³-hybridized carbons (Fsp3) is 0.333. The van der Waals surface area contributed by atoms with Crippen LogP contribution in [0.1, 0.15) is 58.4 Å². The van der Waals surface area contributed by atoms with E-state index >= 15 is 0 Å². The highest BCUT2D eigenvalue weighted by atomic mass is 16.5. The Hall–Kier alpha value is -3.12. The van der Waals surface area contributed by atoms with E-state index in [0.29, 0.717) is 12.0 Å². The zero-order chi connectivity index (χ0) is 20.9. The number of nitrogens with zero attached hydrogens (tertiary/aromatic N) is 2. The number of methoxy groups -OCH3 is 1. The van der Waals surface area contributed by atoms with Gasteiger partial charge in [-0.25, -0.2) is 9.78 Å². The highest BCUT2D eigenvalue weighted by Gasteiger charge is 2.28. The van der Waals surface area contributed by atoms with Gasteiger partial charge in [-0.15, -0.1) is 0 Å². The maximum atomic E-state index is 11.1. The van der Waals surface area contributed by atoms with Crippen LogP contribution < -0.4 is 4.74 Å². The van der Waals surface area contributed by atoms with Gasteiger partial charge in [0.1, 0.15) is 11.5 Å². The van der Waals surface area contributed by atoms with Crippen molar-refractivity contribution in [3.05, 3.63) is 83.1 Å². The van der Waals surface area contributed by atoms with E-state index in [0.717, 1.165) is 60.9 Å². The van der Waals surface area contributed by atoms with Crippen molar-refractivity contribution in [1.29, 1.82) is 0 Å². The van der Waals surface area contributed by atoms with Crippen LogP contribution in [0.2, 0.25) is 0 Å². The smallest absolute Gasteiger partial charge is 0.335 e. The minimum atomic E-state index is -0.903. The number of carbonyl (C=O) groups is 1. The number of benzene rings is 2. The first-order valence-electron chi connectivity index (χ1n) is 10.3. The summed E-state index contributed by atoms with van der Waals surface area (Å²) < 4.78 is 11.6. The summed E-state index contributed by atoms with van der Waals surface area (Å²) in [5.41, 5.74) is 2.47. The van der Waals surface area contributed by atoms with Crippen LogP contribution in [0.4, 0.5) is 0 Å². The van der Waals surface area contributed by atoms with Crippen LogP contribution in [0.5, 0.6) is 5.75 Å². The molecule has 0 bridgehead atoms. The monoisotopic (exact) mass is 406 g/mol. The number of piperidine rings is 1. The summed E-state index contributed by atoms with van der Waals surface area (Å²) in [6.07, 6.45) is 5.74. The molecular formula is C24H26N2O4. The molecule has 2 aromatic carbocycles. The van der Waals surface area contributed by atoms with E-state index in [4.69, 9.17) is 14.3 Å². The summed E-state index contributed by atoms with van der Waals surface area (Å²) in [5.74, 6) is 1.52. The lowest BCUT2D eigenvalue weighted by atomic mass is 10.0. The van der Waals surface area contributed by atoms with Gasteiger partial charge in [-0.05, 0) is 43.1 Å². The molecule has 3 aromatic rings. The van der Waals surface area contributed by atoms with Crippen LogP contribution >= 0.6 is 0 Å². The Balaban J connectivity index is 1.48. The van der Waals surface area contributed by atoms with Crippen LogP contribution in [0.15, 0.2) is 59.1 Å². The summed E-state index contributed by atoms with van der Waals surface area (Å²) >= 11 is 0. The molecule has 1 fully saturated rings. The van der Waals surface area contributed by atoms with E-state index in [2.05, 4.69) is 9.88 Å². The molecule has 30 heavy (non-hydrogen) atoms. The van der Waals surface area contributed by atoms with Crippen LogP contribution in [0, 0.1) is 0 Å². The van der Waals surface area contributed by atoms with Crippen LogP contribution in [-0.2, 0) is 13.0 Å². The van der Waals surface area contributed by atoms with Crippen LogP contribution in [0.3, 0.4) is 0 Å². The molecule has 2 heterocycles. The second-order valence-electron chi connectivity index (χ2n) is 7.64. The van der Waals surface area contributed by atoms with E-state index in [1.807, 2.05) is 42.6 Å². The average Bonchev–Trinajstić information content (AvgIpc) is 3.23. The molecule has 1 saturated heterocycles. The minimum Gasteiger partial charge on any atom is -0.496 e. The van der Waals surface area contributed by atoms with Gasteiger partial charge in [0.25, 0.3) is 0 Å². The molecule has 0 spiro atoms. The summed E-state index contributed by atoms with van der Waals surface area (Å²) in [4.78, 5) is 18.0. The zero-order valence-electron chi connectivity index (χ0n) is 17.1. The van der Waals surface area contributed by atoms with E-state index in [-0.39, 0.29) is 6.04 Å². The Morgan fingerprint density at radius 3 is 2.77 bits per heavy atom. The van der Waals surface area contributed by atoms with Crippen molar-refractivity contribution in [2.75, 3.05) is 13.7 Å². The van der Waals surface area contributed by atoms with Crippen molar-refractivity contribution in [3.8, 4) is 5.75 Å². The van der Waals surface area contributed by atoms with Crippen LogP contribution in [0.25, 0.3) is 0 Å². The van der Waals surface area contributed by atoms with Crippen molar-refractivity contribution in [3.63, 3.8) is 0 Å². The predicted molar refractivity (Wildman–Crippen MR) is 113 cm³/mol. The van der Waals surface area contributed by atoms with Gasteiger partial charge < -0.3 is 14.3 Å². The number of para-hydroxylation sites is 1. The summed E-state index contributed by atoms with van der Waals surface area (Å²) in [7, 11) is 1.67. The first-order chi connectivity index (χ1) is 14.6. The fourth-order valence-corrected chi connectivity index (χ4v) is 4.04. The Morgan fingerprint density at radius 1 is 1.20 bits per heavy atom. The first-order valence-corrected chi connectivity index (χ1v) is 10.3. The predicted octanol–water partition coefficient (Wildman–Crippen LogP) is 4.70. The van der Waals surface area contributed by atoms with Gasteiger partial charge in [-0.3, -0.25) is 4.90 Å². The molecule has 1 aliphatic rings. The minimum absolute atomic E-state index is 0.129. The molecule has 0 saturated carbocycles. The van der Waals surface area contributed by atoms with Gasteiger partial charge in [0.15, 0.2) is 0 Å². The molecule has 156 valence electrons. The van der Waals surface area contributed by atoms with Crippen molar-refractivity contribution < 1.29 is 19.1 Å². The van der Waals surface area contributed by atoms with Gasteiger partial charge >= 0.3 is 5.97 Å². The largest absolute Gasteiger partial charge is 0.496 e. The van der Waals surface area contributed by atoms with Crippen molar-refractivity contribution >= 4 is 5.97 Å². The van der Waals surface area contributed by atoms with E-state index in [1.54, 1.807) is 19.2 Å². The standard InChI is InChI=1S/C24H26N2O4/c1-29-22-8-3-2-6-19(22)14-20-15-25-23(30-20)21-7-4-5-13-26(21)16-17-9-11-18(12-10-17)24(27)28/h2-3,6,8-12,15,21H,4-5,7,13-14,16H2,1H3,(H,27,28)/t21-/m1/s1. The van der Waals surface area contributed by atoms with Gasteiger partial charge in [0.2, 0.25) is 5.89 Å². The number of ether oxygens (including phenoxy) is 1. The molecule has 1 aromatic heterocycles. The molecule has 0 aliphatic carbocycles. The number of likely N-dealkylation sites (tertiary alicyclic amines) is 1. The molecule has 1 N–H and O–H groups in total. The second kappa shape index (κ2) is 9.13. The van der Waals surface area contributed by atoms with Crippen molar-refractivity contribution in [2.45, 2.75) is 38.3 Å². The van der Waals surface area contributed by atoms with Crippen molar-refractivity contribution in [1.82, 2.24) is 9.88 Å². The number of carboxylic acid groups (broad SMARTS) is 1. The third kappa shape index (κ3) is 4.54. The normalized spacial score (nSPS) is 17.0. The molecule has 1 atom stereocenters. The molecule has 0 unspecified atom stereocenters. The number of hydrogen-bond donors (Lipinski definition) is 1. The lowest BCUT2D eigenvalue weighted by molar-refractivity contribution is 0.0697. The lowest BCUT2D eigenvalue weighted by Crippen LogP contribution is -2.33. The van der Waals surface area contributed by atoms with Gasteiger partial charge in [-0.2, -0.15) is 0 Å².